The van der Waals surface area contributed by atoms with Gasteiger partial charge in [0.25, 0.3) is 0 Å². The minimum absolute atomic E-state index is 0.475. The molecule has 6 heteroatoms. The van der Waals surface area contributed by atoms with E-state index >= 15 is 0 Å². The molecule has 3 nitrogen and oxygen atoms in total. The molecule has 1 aromatic heterocycles. The first-order valence-electron chi connectivity index (χ1n) is 8.45. The first kappa shape index (κ1) is 16.5. The summed E-state index contributed by atoms with van der Waals surface area (Å²) in [7, 11) is 0. The number of hydrogen-bond donors (Lipinski definition) is 0. The van der Waals surface area contributed by atoms with Crippen LogP contribution in [0.25, 0.3) is 11.0 Å². The molecule has 0 saturated heterocycles. The fourth-order valence-corrected chi connectivity index (χ4v) is 4.12. The topological polar surface area (TPSA) is 21.1 Å². The Bertz CT molecular complexity index is 894. The Morgan fingerprint density at radius 2 is 1.96 bits per heavy atom. The lowest BCUT2D eigenvalue weighted by molar-refractivity contribution is 0.220. The molecule has 0 bridgehead atoms. The second-order valence-electron chi connectivity index (χ2n) is 6.22. The molecular formula is C19H19F2N3S. The molecular weight excluding hydrogens is 340 g/mol. The molecule has 2 aromatic carbocycles. The van der Waals surface area contributed by atoms with Crippen molar-refractivity contribution in [2.24, 2.45) is 0 Å². The van der Waals surface area contributed by atoms with Gasteiger partial charge in [0.1, 0.15) is 17.5 Å². The third-order valence-corrected chi connectivity index (χ3v) is 5.64. The molecule has 4 rings (SSSR count). The van der Waals surface area contributed by atoms with Gasteiger partial charge in [-0.15, -0.1) is 11.8 Å². The monoisotopic (exact) mass is 359 g/mol. The fraction of sp³-hybridized carbons (Fsp3) is 0.316. The molecule has 0 amide bonds. The van der Waals surface area contributed by atoms with Crippen LogP contribution < -0.4 is 0 Å². The lowest BCUT2D eigenvalue weighted by atomic mass is 10.3. The standard InChI is InChI=1S/C19H19F2N3S/c20-14-6-7-18(15(21)12-14)25-11-3-8-23-9-10-24-17-5-2-1-4-16(17)22-19(24)13-23/h1-2,4-7,12H,3,8-11,13H2. The van der Waals surface area contributed by atoms with Crippen LogP contribution in [-0.4, -0.2) is 33.3 Å². The summed E-state index contributed by atoms with van der Waals surface area (Å²) in [6.07, 6.45) is 0.960. The average molecular weight is 359 g/mol. The van der Waals surface area contributed by atoms with E-state index in [1.807, 2.05) is 6.07 Å². The van der Waals surface area contributed by atoms with Crippen LogP contribution in [-0.2, 0) is 13.1 Å². The second-order valence-corrected chi connectivity index (χ2v) is 7.36. The Kier molecular flexibility index (Phi) is 4.72. The van der Waals surface area contributed by atoms with E-state index in [1.165, 1.54) is 29.4 Å². The molecule has 25 heavy (non-hydrogen) atoms. The first-order chi connectivity index (χ1) is 12.2. The second kappa shape index (κ2) is 7.14. The molecule has 3 aromatic rings. The van der Waals surface area contributed by atoms with E-state index < -0.39 is 11.6 Å². The fourth-order valence-electron chi connectivity index (χ4n) is 3.27. The molecule has 2 heterocycles. The highest BCUT2D eigenvalue weighted by molar-refractivity contribution is 7.99. The molecule has 0 saturated carbocycles. The van der Waals surface area contributed by atoms with Gasteiger partial charge in [-0.25, -0.2) is 13.8 Å². The van der Waals surface area contributed by atoms with E-state index in [4.69, 9.17) is 4.98 Å². The Labute approximate surface area is 149 Å². The number of halogens is 2. The average Bonchev–Trinajstić information content (AvgIpc) is 2.98. The smallest absolute Gasteiger partial charge is 0.139 e. The summed E-state index contributed by atoms with van der Waals surface area (Å²) < 4.78 is 28.8. The van der Waals surface area contributed by atoms with Crippen LogP contribution in [0.3, 0.4) is 0 Å². The van der Waals surface area contributed by atoms with Gasteiger partial charge in [-0.3, -0.25) is 4.90 Å². The van der Waals surface area contributed by atoms with Crippen molar-refractivity contribution >= 4 is 22.8 Å². The maximum atomic E-state index is 13.6. The zero-order chi connectivity index (χ0) is 17.2. The van der Waals surface area contributed by atoms with E-state index in [-0.39, 0.29) is 0 Å². The van der Waals surface area contributed by atoms with Crippen molar-refractivity contribution in [2.45, 2.75) is 24.4 Å². The van der Waals surface area contributed by atoms with E-state index in [1.54, 1.807) is 0 Å². The van der Waals surface area contributed by atoms with E-state index in [9.17, 15) is 8.78 Å². The Hall–Kier alpha value is -1.92. The summed E-state index contributed by atoms with van der Waals surface area (Å²) in [6, 6.07) is 12.0. The van der Waals surface area contributed by atoms with Crippen LogP contribution in [0.2, 0.25) is 0 Å². The Morgan fingerprint density at radius 3 is 2.84 bits per heavy atom. The van der Waals surface area contributed by atoms with Crippen molar-refractivity contribution in [1.82, 2.24) is 14.5 Å². The number of thioether (sulfide) groups is 1. The Balaban J connectivity index is 1.31. The molecule has 0 radical (unpaired) electrons. The Morgan fingerprint density at radius 1 is 1.08 bits per heavy atom. The number of nitrogens with zero attached hydrogens (tertiary/aromatic N) is 3. The summed E-state index contributed by atoms with van der Waals surface area (Å²) in [5, 5.41) is 0. The lowest BCUT2D eigenvalue weighted by Crippen LogP contribution is -2.34. The highest BCUT2D eigenvalue weighted by atomic mass is 32.2. The van der Waals surface area contributed by atoms with Gasteiger partial charge < -0.3 is 4.57 Å². The molecule has 0 unspecified atom stereocenters. The molecule has 0 aliphatic carbocycles. The first-order valence-corrected chi connectivity index (χ1v) is 9.43. The number of rotatable bonds is 5. The van der Waals surface area contributed by atoms with Crippen molar-refractivity contribution < 1.29 is 8.78 Å². The number of para-hydroxylation sites is 2. The number of imidazole rings is 1. The number of aromatic nitrogens is 2. The summed E-state index contributed by atoms with van der Waals surface area (Å²) in [6.45, 7) is 3.77. The molecule has 1 aliphatic heterocycles. The van der Waals surface area contributed by atoms with Crippen LogP contribution in [0.15, 0.2) is 47.4 Å². The van der Waals surface area contributed by atoms with Crippen molar-refractivity contribution in [1.29, 1.82) is 0 Å². The van der Waals surface area contributed by atoms with Crippen LogP contribution in [0, 0.1) is 11.6 Å². The molecule has 0 spiro atoms. The van der Waals surface area contributed by atoms with E-state index in [0.29, 0.717) is 4.90 Å². The SMILES string of the molecule is Fc1ccc(SCCCN2CCn3c(nc4ccccc43)C2)c(F)c1. The third kappa shape index (κ3) is 3.55. The van der Waals surface area contributed by atoms with Gasteiger partial charge in [0.15, 0.2) is 0 Å². The van der Waals surface area contributed by atoms with Crippen molar-refractivity contribution in [2.75, 3.05) is 18.8 Å². The minimum atomic E-state index is -0.530. The zero-order valence-electron chi connectivity index (χ0n) is 13.8. The van der Waals surface area contributed by atoms with Gasteiger partial charge in [-0.2, -0.15) is 0 Å². The summed E-state index contributed by atoms with van der Waals surface area (Å²) >= 11 is 1.44. The summed E-state index contributed by atoms with van der Waals surface area (Å²) in [5.41, 5.74) is 2.26. The quantitative estimate of drug-likeness (QED) is 0.500. The summed E-state index contributed by atoms with van der Waals surface area (Å²) in [5.74, 6) is 0.926. The molecule has 0 atom stereocenters. The highest BCUT2D eigenvalue weighted by Crippen LogP contribution is 2.24. The number of benzene rings is 2. The number of hydrogen-bond acceptors (Lipinski definition) is 3. The predicted octanol–water partition coefficient (Wildman–Crippen LogP) is 4.31. The predicted molar refractivity (Wildman–Crippen MR) is 96.7 cm³/mol. The molecule has 0 N–H and O–H groups in total. The largest absolute Gasteiger partial charge is 0.326 e. The third-order valence-electron chi connectivity index (χ3n) is 4.51. The van der Waals surface area contributed by atoms with Gasteiger partial charge in [0, 0.05) is 24.1 Å². The van der Waals surface area contributed by atoms with Gasteiger partial charge in [-0.1, -0.05) is 12.1 Å². The van der Waals surface area contributed by atoms with Gasteiger partial charge in [0.05, 0.1) is 17.6 Å². The van der Waals surface area contributed by atoms with Crippen molar-refractivity contribution in [3.05, 3.63) is 59.9 Å². The van der Waals surface area contributed by atoms with Crippen LogP contribution in [0.4, 0.5) is 8.78 Å². The van der Waals surface area contributed by atoms with Crippen molar-refractivity contribution in [3.8, 4) is 0 Å². The van der Waals surface area contributed by atoms with Gasteiger partial charge in [-0.05, 0) is 43.0 Å². The van der Waals surface area contributed by atoms with E-state index in [0.717, 1.165) is 55.8 Å². The van der Waals surface area contributed by atoms with E-state index in [2.05, 4.69) is 27.7 Å². The normalized spacial score (nSPS) is 14.8. The maximum absolute atomic E-state index is 13.6. The van der Waals surface area contributed by atoms with Crippen LogP contribution in [0.1, 0.15) is 12.2 Å². The minimum Gasteiger partial charge on any atom is -0.326 e. The maximum Gasteiger partial charge on any atom is 0.139 e. The summed E-state index contributed by atoms with van der Waals surface area (Å²) in [4.78, 5) is 7.64. The molecule has 0 fully saturated rings. The van der Waals surface area contributed by atoms with Crippen molar-refractivity contribution in [3.63, 3.8) is 0 Å². The highest BCUT2D eigenvalue weighted by Gasteiger charge is 2.19. The molecule has 1 aliphatic rings. The molecule has 130 valence electrons. The number of fused-ring (bicyclic) bond motifs is 3. The zero-order valence-corrected chi connectivity index (χ0v) is 14.6. The van der Waals surface area contributed by atoms with Gasteiger partial charge in [0.2, 0.25) is 0 Å². The van der Waals surface area contributed by atoms with Crippen LogP contribution >= 0.6 is 11.8 Å². The van der Waals surface area contributed by atoms with Gasteiger partial charge >= 0.3 is 0 Å². The van der Waals surface area contributed by atoms with Crippen LogP contribution in [0.5, 0.6) is 0 Å². The lowest BCUT2D eigenvalue weighted by Gasteiger charge is -2.27.